The van der Waals surface area contributed by atoms with Crippen LogP contribution in [0.3, 0.4) is 0 Å². The third-order valence-corrected chi connectivity index (χ3v) is 2.44. The first-order valence-corrected chi connectivity index (χ1v) is 5.41. The van der Waals surface area contributed by atoms with Gasteiger partial charge in [0.1, 0.15) is 0 Å². The Morgan fingerprint density at radius 1 is 1.33 bits per heavy atom. The Hall–Kier alpha value is -2.24. The summed E-state index contributed by atoms with van der Waals surface area (Å²) in [6, 6.07) is 4.64. The van der Waals surface area contributed by atoms with E-state index in [0.717, 1.165) is 24.2 Å². The zero-order valence-electron chi connectivity index (χ0n) is 9.63. The number of nitrogens with one attached hydrogen (secondary N) is 2. The molecule has 0 saturated carbocycles. The Balaban J connectivity index is 2.14. The molecule has 1 aromatic carbocycles. The second-order valence-electron chi connectivity index (χ2n) is 3.71. The molecule has 0 spiro atoms. The van der Waals surface area contributed by atoms with Gasteiger partial charge >= 0.3 is 0 Å². The minimum absolute atomic E-state index is 0.0370. The number of rotatable bonds is 3. The number of aryl methyl sites for hydroxylation is 1. The fourth-order valence-electron chi connectivity index (χ4n) is 1.43. The maximum atomic E-state index is 13.0. The van der Waals surface area contributed by atoms with Gasteiger partial charge in [0.25, 0.3) is 5.91 Å². The van der Waals surface area contributed by atoms with E-state index in [9.17, 15) is 13.6 Å². The molecular formula is C12H11F2N3O. The van der Waals surface area contributed by atoms with E-state index in [1.165, 1.54) is 6.07 Å². The predicted molar refractivity (Wildman–Crippen MR) is 62.3 cm³/mol. The molecule has 18 heavy (non-hydrogen) atoms. The highest BCUT2D eigenvalue weighted by atomic mass is 19.2. The molecule has 2 N–H and O–H groups in total. The number of halogens is 2. The van der Waals surface area contributed by atoms with Gasteiger partial charge in [-0.25, -0.2) is 8.78 Å². The lowest BCUT2D eigenvalue weighted by atomic mass is 10.2. The largest absolute Gasteiger partial charge is 0.305 e. The van der Waals surface area contributed by atoms with Crippen LogP contribution in [0, 0.1) is 11.6 Å². The van der Waals surface area contributed by atoms with Crippen LogP contribution in [0.25, 0.3) is 0 Å². The molecule has 0 aliphatic rings. The molecule has 0 fully saturated rings. The average molecular weight is 251 g/mol. The highest BCUT2D eigenvalue weighted by Gasteiger charge is 2.11. The molecule has 1 heterocycles. The second kappa shape index (κ2) is 4.95. The Kier molecular flexibility index (Phi) is 3.36. The standard InChI is InChI=1S/C12H11F2N3O/c1-2-8-6-11(17-16-8)15-12(18)7-3-4-9(13)10(14)5-7/h3-6H,2H2,1H3,(H2,15,16,17,18). The molecule has 0 aliphatic heterocycles. The van der Waals surface area contributed by atoms with E-state index in [1.54, 1.807) is 6.07 Å². The molecule has 1 amide bonds. The van der Waals surface area contributed by atoms with E-state index in [2.05, 4.69) is 15.5 Å². The Labute approximate surface area is 102 Å². The minimum Gasteiger partial charge on any atom is -0.305 e. The monoisotopic (exact) mass is 251 g/mol. The van der Waals surface area contributed by atoms with Crippen molar-refractivity contribution in [3.8, 4) is 0 Å². The van der Waals surface area contributed by atoms with Crippen molar-refractivity contribution in [1.82, 2.24) is 10.2 Å². The minimum atomic E-state index is -1.06. The summed E-state index contributed by atoms with van der Waals surface area (Å²) in [5.41, 5.74) is 0.908. The van der Waals surface area contributed by atoms with E-state index >= 15 is 0 Å². The van der Waals surface area contributed by atoms with Crippen molar-refractivity contribution < 1.29 is 13.6 Å². The summed E-state index contributed by atoms with van der Waals surface area (Å²) >= 11 is 0. The van der Waals surface area contributed by atoms with Crippen molar-refractivity contribution in [2.75, 3.05) is 5.32 Å². The highest BCUT2D eigenvalue weighted by Crippen LogP contribution is 2.11. The van der Waals surface area contributed by atoms with Crippen molar-refractivity contribution in [1.29, 1.82) is 0 Å². The molecule has 1 aromatic heterocycles. The summed E-state index contributed by atoms with van der Waals surface area (Å²) in [7, 11) is 0. The van der Waals surface area contributed by atoms with Crippen LogP contribution in [0.2, 0.25) is 0 Å². The van der Waals surface area contributed by atoms with Gasteiger partial charge in [0, 0.05) is 17.3 Å². The number of amides is 1. The van der Waals surface area contributed by atoms with Crippen LogP contribution in [0.15, 0.2) is 24.3 Å². The SMILES string of the molecule is CCc1cc(NC(=O)c2ccc(F)c(F)c2)n[nH]1. The number of H-pyrrole nitrogens is 1. The van der Waals surface area contributed by atoms with Crippen LogP contribution >= 0.6 is 0 Å². The molecule has 0 aliphatic carbocycles. The second-order valence-corrected chi connectivity index (χ2v) is 3.71. The van der Waals surface area contributed by atoms with Gasteiger partial charge in [0.05, 0.1) is 0 Å². The molecular weight excluding hydrogens is 240 g/mol. The third kappa shape index (κ3) is 2.53. The maximum Gasteiger partial charge on any atom is 0.256 e. The van der Waals surface area contributed by atoms with Crippen molar-refractivity contribution >= 4 is 11.7 Å². The van der Waals surface area contributed by atoms with E-state index in [0.29, 0.717) is 5.82 Å². The number of aromatic nitrogens is 2. The fourth-order valence-corrected chi connectivity index (χ4v) is 1.43. The molecule has 2 aromatic rings. The summed E-state index contributed by atoms with van der Waals surface area (Å²) < 4.78 is 25.7. The lowest BCUT2D eigenvalue weighted by Gasteiger charge is -2.02. The molecule has 0 saturated heterocycles. The van der Waals surface area contributed by atoms with Gasteiger partial charge in [-0.05, 0) is 24.6 Å². The van der Waals surface area contributed by atoms with Gasteiger partial charge in [-0.1, -0.05) is 6.92 Å². The smallest absolute Gasteiger partial charge is 0.256 e. The van der Waals surface area contributed by atoms with Gasteiger partial charge in [0.2, 0.25) is 0 Å². The van der Waals surface area contributed by atoms with Crippen LogP contribution in [0.1, 0.15) is 23.0 Å². The van der Waals surface area contributed by atoms with Gasteiger partial charge in [-0.15, -0.1) is 0 Å². The lowest BCUT2D eigenvalue weighted by molar-refractivity contribution is 0.102. The molecule has 2 rings (SSSR count). The summed E-state index contributed by atoms with van der Waals surface area (Å²) in [6.07, 6.45) is 0.758. The van der Waals surface area contributed by atoms with Crippen molar-refractivity contribution in [2.24, 2.45) is 0 Å². The number of carbonyl (C=O) groups excluding carboxylic acids is 1. The first kappa shape index (κ1) is 12.2. The Morgan fingerprint density at radius 2 is 2.11 bits per heavy atom. The van der Waals surface area contributed by atoms with Crippen LogP contribution < -0.4 is 5.32 Å². The zero-order valence-corrected chi connectivity index (χ0v) is 9.63. The molecule has 94 valence electrons. The van der Waals surface area contributed by atoms with E-state index in [4.69, 9.17) is 0 Å². The van der Waals surface area contributed by atoms with Crippen LogP contribution in [0.5, 0.6) is 0 Å². The number of aromatic amines is 1. The molecule has 0 radical (unpaired) electrons. The highest BCUT2D eigenvalue weighted by molar-refractivity contribution is 6.03. The van der Waals surface area contributed by atoms with Crippen molar-refractivity contribution in [2.45, 2.75) is 13.3 Å². The number of nitrogens with zero attached hydrogens (tertiary/aromatic N) is 1. The van der Waals surface area contributed by atoms with Crippen LogP contribution in [-0.4, -0.2) is 16.1 Å². The summed E-state index contributed by atoms with van der Waals surface area (Å²) in [4.78, 5) is 11.7. The number of benzene rings is 1. The Bertz CT molecular complexity index is 580. The maximum absolute atomic E-state index is 13.0. The molecule has 0 unspecified atom stereocenters. The van der Waals surface area contributed by atoms with Crippen molar-refractivity contribution in [3.63, 3.8) is 0 Å². The van der Waals surface area contributed by atoms with E-state index in [-0.39, 0.29) is 5.56 Å². The Morgan fingerprint density at radius 3 is 2.72 bits per heavy atom. The third-order valence-electron chi connectivity index (χ3n) is 2.44. The van der Waals surface area contributed by atoms with Crippen LogP contribution in [-0.2, 0) is 6.42 Å². The normalized spacial score (nSPS) is 10.4. The number of carbonyl (C=O) groups is 1. The predicted octanol–water partition coefficient (Wildman–Crippen LogP) is 2.50. The number of hydrogen-bond donors (Lipinski definition) is 2. The van der Waals surface area contributed by atoms with Gasteiger partial charge < -0.3 is 5.32 Å². The zero-order chi connectivity index (χ0) is 13.1. The fraction of sp³-hybridized carbons (Fsp3) is 0.167. The summed E-state index contributed by atoms with van der Waals surface area (Å²) in [5, 5.41) is 9.09. The first-order valence-electron chi connectivity index (χ1n) is 5.41. The molecule has 0 atom stereocenters. The van der Waals surface area contributed by atoms with Crippen molar-refractivity contribution in [3.05, 3.63) is 47.2 Å². The summed E-state index contributed by atoms with van der Waals surface area (Å²) in [6.45, 7) is 1.94. The lowest BCUT2D eigenvalue weighted by Crippen LogP contribution is -2.12. The van der Waals surface area contributed by atoms with E-state index < -0.39 is 17.5 Å². The van der Waals surface area contributed by atoms with Crippen LogP contribution in [0.4, 0.5) is 14.6 Å². The summed E-state index contributed by atoms with van der Waals surface area (Å²) in [5.74, 6) is -2.23. The number of hydrogen-bond acceptors (Lipinski definition) is 2. The molecule has 6 heteroatoms. The topological polar surface area (TPSA) is 57.8 Å². The molecule has 0 bridgehead atoms. The average Bonchev–Trinajstić information content (AvgIpc) is 2.80. The van der Waals surface area contributed by atoms with Gasteiger partial charge in [0.15, 0.2) is 17.5 Å². The van der Waals surface area contributed by atoms with Gasteiger partial charge in [-0.3, -0.25) is 9.89 Å². The van der Waals surface area contributed by atoms with Gasteiger partial charge in [-0.2, -0.15) is 5.10 Å². The molecule has 4 nitrogen and oxygen atoms in total. The quantitative estimate of drug-likeness (QED) is 0.880. The van der Waals surface area contributed by atoms with E-state index in [1.807, 2.05) is 6.92 Å². The number of anilines is 1. The first-order chi connectivity index (χ1) is 8.60.